The molecule has 0 bridgehead atoms. The molecular weight excluding hydrogens is 370 g/mol. The Balaban J connectivity index is 1.39. The molecule has 0 aliphatic carbocycles. The van der Waals surface area contributed by atoms with Crippen LogP contribution in [0.25, 0.3) is 0 Å². The Morgan fingerprint density at radius 2 is 1.93 bits per heavy atom. The number of benzene rings is 1. The number of hydrogen-bond donors (Lipinski definition) is 1. The first kappa shape index (κ1) is 18.8. The summed E-state index contributed by atoms with van der Waals surface area (Å²) in [6.07, 6.45) is 4.67. The summed E-state index contributed by atoms with van der Waals surface area (Å²) in [5.74, 6) is 1.14. The van der Waals surface area contributed by atoms with Crippen molar-refractivity contribution in [3.63, 3.8) is 0 Å². The van der Waals surface area contributed by atoms with Gasteiger partial charge in [-0.15, -0.1) is 0 Å². The summed E-state index contributed by atoms with van der Waals surface area (Å²) >= 11 is 0. The number of nitrogens with one attached hydrogen (secondary N) is 1. The van der Waals surface area contributed by atoms with E-state index in [4.69, 9.17) is 4.52 Å². The molecule has 4 rings (SSSR count). The van der Waals surface area contributed by atoms with Gasteiger partial charge < -0.3 is 14.7 Å². The standard InChI is InChI=1S/C21H21N5O3/c1-14-23-20(29-25-14)15-7-10-26(11-8-15)21(28)16-4-2-6-18(12-16)24-19(27)17-5-3-9-22-13-17/h2-6,9,12-13,15H,7-8,10-11H2,1H3,(H,24,27). The predicted molar refractivity (Wildman–Crippen MR) is 106 cm³/mol. The van der Waals surface area contributed by atoms with Gasteiger partial charge in [-0.05, 0) is 50.1 Å². The molecule has 148 valence electrons. The first-order valence-corrected chi connectivity index (χ1v) is 9.51. The molecule has 3 aromatic rings. The first-order chi connectivity index (χ1) is 14.1. The maximum absolute atomic E-state index is 12.9. The lowest BCUT2D eigenvalue weighted by atomic mass is 9.96. The zero-order valence-corrected chi connectivity index (χ0v) is 16.0. The summed E-state index contributed by atoms with van der Waals surface area (Å²) in [4.78, 5) is 35.3. The topological polar surface area (TPSA) is 101 Å². The molecule has 1 aliphatic rings. The summed E-state index contributed by atoms with van der Waals surface area (Å²) in [5, 5.41) is 6.65. The average molecular weight is 391 g/mol. The van der Waals surface area contributed by atoms with Gasteiger partial charge in [0.25, 0.3) is 11.8 Å². The SMILES string of the molecule is Cc1noc(C2CCN(C(=O)c3cccc(NC(=O)c4cccnc4)c3)CC2)n1. The van der Waals surface area contributed by atoms with Crippen LogP contribution in [-0.4, -0.2) is 44.9 Å². The van der Waals surface area contributed by atoms with Gasteiger partial charge in [-0.25, -0.2) is 0 Å². The Morgan fingerprint density at radius 3 is 2.62 bits per heavy atom. The zero-order valence-electron chi connectivity index (χ0n) is 16.0. The van der Waals surface area contributed by atoms with Crippen molar-refractivity contribution in [1.82, 2.24) is 20.0 Å². The number of rotatable bonds is 4. The van der Waals surface area contributed by atoms with Gasteiger partial charge in [0, 0.05) is 42.7 Å². The number of likely N-dealkylation sites (tertiary alicyclic amines) is 1. The lowest BCUT2D eigenvalue weighted by Crippen LogP contribution is -2.38. The molecule has 1 saturated heterocycles. The Bertz CT molecular complexity index is 1010. The number of carbonyl (C=O) groups excluding carboxylic acids is 2. The van der Waals surface area contributed by atoms with E-state index in [2.05, 4.69) is 20.4 Å². The van der Waals surface area contributed by atoms with Crippen LogP contribution in [0.4, 0.5) is 5.69 Å². The van der Waals surface area contributed by atoms with E-state index in [0.717, 1.165) is 12.8 Å². The monoisotopic (exact) mass is 391 g/mol. The lowest BCUT2D eigenvalue weighted by molar-refractivity contribution is 0.0704. The van der Waals surface area contributed by atoms with Crippen molar-refractivity contribution in [2.45, 2.75) is 25.7 Å². The first-order valence-electron chi connectivity index (χ1n) is 9.51. The van der Waals surface area contributed by atoms with E-state index in [0.29, 0.717) is 41.6 Å². The fraction of sp³-hybridized carbons (Fsp3) is 0.286. The Morgan fingerprint density at radius 1 is 1.14 bits per heavy atom. The molecule has 0 radical (unpaired) electrons. The fourth-order valence-corrected chi connectivity index (χ4v) is 3.42. The quantitative estimate of drug-likeness (QED) is 0.733. The second-order valence-electron chi connectivity index (χ2n) is 7.02. The van der Waals surface area contributed by atoms with Crippen molar-refractivity contribution < 1.29 is 14.1 Å². The third-order valence-electron chi connectivity index (χ3n) is 4.97. The van der Waals surface area contributed by atoms with Crippen molar-refractivity contribution in [2.24, 2.45) is 0 Å². The largest absolute Gasteiger partial charge is 0.339 e. The van der Waals surface area contributed by atoms with Crippen LogP contribution in [0.2, 0.25) is 0 Å². The second-order valence-corrected chi connectivity index (χ2v) is 7.02. The van der Waals surface area contributed by atoms with E-state index in [-0.39, 0.29) is 17.7 Å². The number of nitrogens with zero attached hydrogens (tertiary/aromatic N) is 4. The molecule has 8 heteroatoms. The molecule has 0 atom stereocenters. The molecule has 1 N–H and O–H groups in total. The predicted octanol–water partition coefficient (Wildman–Crippen LogP) is 3.05. The van der Waals surface area contributed by atoms with E-state index in [1.54, 1.807) is 49.5 Å². The minimum atomic E-state index is -0.265. The van der Waals surface area contributed by atoms with E-state index in [1.807, 2.05) is 4.90 Å². The Kier molecular flexibility index (Phi) is 5.33. The van der Waals surface area contributed by atoms with Crippen molar-refractivity contribution >= 4 is 17.5 Å². The summed E-state index contributed by atoms with van der Waals surface area (Å²) in [6.45, 7) is 3.04. The van der Waals surface area contributed by atoms with Gasteiger partial charge in [0.15, 0.2) is 5.82 Å². The number of anilines is 1. The van der Waals surface area contributed by atoms with Crippen LogP contribution in [0, 0.1) is 6.92 Å². The fourth-order valence-electron chi connectivity index (χ4n) is 3.42. The van der Waals surface area contributed by atoms with Crippen molar-refractivity contribution in [2.75, 3.05) is 18.4 Å². The summed E-state index contributed by atoms with van der Waals surface area (Å²) < 4.78 is 5.26. The Labute approximate surface area is 167 Å². The van der Waals surface area contributed by atoms with Gasteiger partial charge in [0.2, 0.25) is 5.89 Å². The van der Waals surface area contributed by atoms with Crippen LogP contribution in [0.15, 0.2) is 53.3 Å². The zero-order chi connectivity index (χ0) is 20.2. The highest BCUT2D eigenvalue weighted by Gasteiger charge is 2.27. The van der Waals surface area contributed by atoms with Crippen LogP contribution >= 0.6 is 0 Å². The van der Waals surface area contributed by atoms with Gasteiger partial charge >= 0.3 is 0 Å². The van der Waals surface area contributed by atoms with E-state index in [1.165, 1.54) is 6.20 Å². The lowest BCUT2D eigenvalue weighted by Gasteiger charge is -2.30. The molecule has 3 heterocycles. The minimum absolute atomic E-state index is 0.0531. The van der Waals surface area contributed by atoms with E-state index < -0.39 is 0 Å². The van der Waals surface area contributed by atoms with E-state index in [9.17, 15) is 9.59 Å². The molecule has 0 unspecified atom stereocenters. The highest BCUT2D eigenvalue weighted by atomic mass is 16.5. The molecule has 1 fully saturated rings. The third-order valence-corrected chi connectivity index (χ3v) is 4.97. The summed E-state index contributed by atoms with van der Waals surface area (Å²) in [5.41, 5.74) is 1.57. The van der Waals surface area contributed by atoms with E-state index >= 15 is 0 Å². The van der Waals surface area contributed by atoms with Gasteiger partial charge in [-0.2, -0.15) is 4.98 Å². The second kappa shape index (κ2) is 8.22. The number of piperidine rings is 1. The molecule has 2 aromatic heterocycles. The molecule has 0 spiro atoms. The number of carbonyl (C=O) groups is 2. The molecule has 29 heavy (non-hydrogen) atoms. The Hall–Kier alpha value is -3.55. The summed E-state index contributed by atoms with van der Waals surface area (Å²) in [7, 11) is 0. The van der Waals surface area contributed by atoms with Crippen LogP contribution < -0.4 is 5.32 Å². The average Bonchev–Trinajstić information content (AvgIpc) is 3.20. The normalized spacial score (nSPS) is 14.6. The van der Waals surface area contributed by atoms with Crippen molar-refractivity contribution in [3.05, 3.63) is 71.6 Å². The number of aromatic nitrogens is 3. The molecule has 1 aromatic carbocycles. The highest BCUT2D eigenvalue weighted by molar-refractivity contribution is 6.04. The molecular formula is C21H21N5O3. The van der Waals surface area contributed by atoms with Crippen molar-refractivity contribution in [1.29, 1.82) is 0 Å². The minimum Gasteiger partial charge on any atom is -0.339 e. The molecule has 2 amide bonds. The molecule has 8 nitrogen and oxygen atoms in total. The molecule has 0 saturated carbocycles. The number of amides is 2. The maximum atomic E-state index is 12.9. The number of pyridine rings is 1. The van der Waals surface area contributed by atoms with Crippen LogP contribution in [-0.2, 0) is 0 Å². The molecule has 1 aliphatic heterocycles. The van der Waals surface area contributed by atoms with Crippen LogP contribution in [0.3, 0.4) is 0 Å². The van der Waals surface area contributed by atoms with Gasteiger partial charge in [0.05, 0.1) is 5.56 Å². The van der Waals surface area contributed by atoms with Gasteiger partial charge in [0.1, 0.15) is 0 Å². The number of aryl methyl sites for hydroxylation is 1. The summed E-state index contributed by atoms with van der Waals surface area (Å²) in [6, 6.07) is 10.4. The van der Waals surface area contributed by atoms with Gasteiger partial charge in [-0.3, -0.25) is 14.6 Å². The maximum Gasteiger partial charge on any atom is 0.257 e. The van der Waals surface area contributed by atoms with Crippen LogP contribution in [0.5, 0.6) is 0 Å². The van der Waals surface area contributed by atoms with Crippen molar-refractivity contribution in [3.8, 4) is 0 Å². The highest BCUT2D eigenvalue weighted by Crippen LogP contribution is 2.27. The van der Waals surface area contributed by atoms with Gasteiger partial charge in [-0.1, -0.05) is 11.2 Å². The number of hydrogen-bond acceptors (Lipinski definition) is 6. The van der Waals surface area contributed by atoms with Crippen LogP contribution in [0.1, 0.15) is 51.2 Å². The smallest absolute Gasteiger partial charge is 0.257 e. The third kappa shape index (κ3) is 4.31.